The van der Waals surface area contributed by atoms with E-state index in [9.17, 15) is 9.59 Å². The summed E-state index contributed by atoms with van der Waals surface area (Å²) in [6.45, 7) is 7.20. The Hall–Kier alpha value is -2.56. The smallest absolute Gasteiger partial charge is 0.252 e. The Morgan fingerprint density at radius 3 is 2.47 bits per heavy atom. The minimum absolute atomic E-state index is 0.0440. The first-order valence-electron chi connectivity index (χ1n) is 11.6. The van der Waals surface area contributed by atoms with Gasteiger partial charge in [0.1, 0.15) is 0 Å². The Morgan fingerprint density at radius 1 is 1.06 bits per heavy atom. The van der Waals surface area contributed by atoms with Gasteiger partial charge in [0, 0.05) is 46.7 Å². The van der Waals surface area contributed by atoms with Crippen LogP contribution in [0, 0.1) is 0 Å². The summed E-state index contributed by atoms with van der Waals surface area (Å²) in [5, 5.41) is 19.7. The van der Waals surface area contributed by atoms with E-state index in [0.717, 1.165) is 23.9 Å². The maximum Gasteiger partial charge on any atom is 0.252 e. The molecule has 34 heavy (non-hydrogen) atoms. The highest BCUT2D eigenvalue weighted by molar-refractivity contribution is 6.15. The summed E-state index contributed by atoms with van der Waals surface area (Å²) < 4.78 is 16.5. The lowest BCUT2D eigenvalue weighted by atomic mass is 9.97. The number of fused-ring (bicyclic) bond motifs is 1. The molecule has 0 heterocycles. The molecule has 0 bridgehead atoms. The van der Waals surface area contributed by atoms with E-state index in [-0.39, 0.29) is 24.7 Å². The number of aldehydes is 1. The number of aliphatic hydroxyl groups is 1. The van der Waals surface area contributed by atoms with Crippen molar-refractivity contribution in [2.24, 2.45) is 0 Å². The van der Waals surface area contributed by atoms with Crippen LogP contribution in [0.3, 0.4) is 0 Å². The Kier molecular flexibility index (Phi) is 12.5. The summed E-state index contributed by atoms with van der Waals surface area (Å²) in [5.41, 5.74) is 1.67. The topological polar surface area (TPSA) is 118 Å². The molecule has 9 heteroatoms. The lowest BCUT2D eigenvalue weighted by molar-refractivity contribution is 0.0221. The van der Waals surface area contributed by atoms with Crippen molar-refractivity contribution in [1.82, 2.24) is 10.6 Å². The van der Waals surface area contributed by atoms with Gasteiger partial charge in [0.2, 0.25) is 0 Å². The van der Waals surface area contributed by atoms with Crippen molar-refractivity contribution >= 4 is 28.7 Å². The number of amides is 1. The Morgan fingerprint density at radius 2 is 1.79 bits per heavy atom. The van der Waals surface area contributed by atoms with Gasteiger partial charge < -0.3 is 35.3 Å². The van der Waals surface area contributed by atoms with Crippen molar-refractivity contribution in [2.45, 2.75) is 26.0 Å². The van der Waals surface area contributed by atoms with Crippen LogP contribution < -0.4 is 16.0 Å². The molecule has 2 rings (SSSR count). The molecule has 0 saturated heterocycles. The summed E-state index contributed by atoms with van der Waals surface area (Å²) in [5.74, 6) is -0.270. The number of likely N-dealkylation sites (N-methyl/N-ethyl adjacent to an activating group) is 1. The molecule has 0 fully saturated rings. The second kappa shape index (κ2) is 15.4. The molecule has 1 amide bonds. The number of hydrogen-bond donors (Lipinski definition) is 4. The van der Waals surface area contributed by atoms with Crippen molar-refractivity contribution in [1.29, 1.82) is 0 Å². The highest BCUT2D eigenvalue weighted by Crippen LogP contribution is 2.29. The van der Waals surface area contributed by atoms with Gasteiger partial charge in [0.05, 0.1) is 45.7 Å². The van der Waals surface area contributed by atoms with Crippen LogP contribution in [0.4, 0.5) is 5.69 Å². The van der Waals surface area contributed by atoms with Crippen LogP contribution in [0.25, 0.3) is 10.8 Å². The fourth-order valence-corrected chi connectivity index (χ4v) is 3.34. The van der Waals surface area contributed by atoms with Crippen LogP contribution in [-0.2, 0) is 14.2 Å². The number of ether oxygens (including phenoxy) is 3. The molecule has 0 radical (unpaired) electrons. The molecule has 0 aliphatic heterocycles. The maximum absolute atomic E-state index is 12.9. The number of carbonyl (C=O) groups is 2. The minimum Gasteiger partial charge on any atom is -0.394 e. The molecule has 2 unspecified atom stereocenters. The fraction of sp³-hybridized carbons (Fsp3) is 0.520. The van der Waals surface area contributed by atoms with Gasteiger partial charge in [-0.15, -0.1) is 0 Å². The molecule has 2 atom stereocenters. The first kappa shape index (κ1) is 27.7. The van der Waals surface area contributed by atoms with Gasteiger partial charge in [-0.05, 0) is 39.1 Å². The van der Waals surface area contributed by atoms with Gasteiger partial charge in [0.15, 0.2) is 6.29 Å². The summed E-state index contributed by atoms with van der Waals surface area (Å²) in [7, 11) is 1.87. The number of rotatable bonds is 17. The number of benzene rings is 2. The van der Waals surface area contributed by atoms with Gasteiger partial charge in [-0.3, -0.25) is 9.59 Å². The highest BCUT2D eigenvalue weighted by atomic mass is 16.5. The van der Waals surface area contributed by atoms with Gasteiger partial charge in [-0.1, -0.05) is 12.1 Å². The number of anilines is 1. The zero-order valence-electron chi connectivity index (χ0n) is 20.3. The Balaban J connectivity index is 2.02. The monoisotopic (exact) mass is 475 g/mol. The molecular formula is C25H37N3O6. The average Bonchev–Trinajstić information content (AvgIpc) is 2.85. The number of hydrogen-bond acceptors (Lipinski definition) is 8. The third-order valence-electron chi connectivity index (χ3n) is 5.13. The number of carbonyl (C=O) groups excluding carboxylic acids is 2. The van der Waals surface area contributed by atoms with Crippen molar-refractivity contribution in [3.05, 3.63) is 41.5 Å². The number of aliphatic hydroxyl groups excluding tert-OH is 1. The van der Waals surface area contributed by atoms with Crippen LogP contribution in [0.15, 0.2) is 30.3 Å². The molecule has 2 aromatic carbocycles. The van der Waals surface area contributed by atoms with E-state index in [0.29, 0.717) is 56.1 Å². The summed E-state index contributed by atoms with van der Waals surface area (Å²) in [6, 6.07) is 8.87. The fourth-order valence-electron chi connectivity index (χ4n) is 3.34. The van der Waals surface area contributed by atoms with E-state index in [1.165, 1.54) is 0 Å². The molecule has 0 spiro atoms. The van der Waals surface area contributed by atoms with Crippen LogP contribution in [0.2, 0.25) is 0 Å². The van der Waals surface area contributed by atoms with E-state index >= 15 is 0 Å². The maximum atomic E-state index is 12.9. The first-order chi connectivity index (χ1) is 16.5. The molecule has 188 valence electrons. The standard InChI is InChI=1S/C25H37N3O6/c1-18(17-34-19(2)15-29)28-23-8-7-20(16-30)24-21(23)5-4-6-22(24)25(31)27-10-12-33-14-13-32-11-9-26-3/h4-8,16,18-19,26,28-29H,9-15,17H2,1-3H3,(H,27,31). The molecular weight excluding hydrogens is 438 g/mol. The first-order valence-corrected chi connectivity index (χ1v) is 11.6. The van der Waals surface area contributed by atoms with Crippen molar-refractivity contribution < 1.29 is 28.9 Å². The lowest BCUT2D eigenvalue weighted by Crippen LogP contribution is -2.28. The van der Waals surface area contributed by atoms with Crippen LogP contribution >= 0.6 is 0 Å². The van der Waals surface area contributed by atoms with Crippen LogP contribution in [0.5, 0.6) is 0 Å². The molecule has 0 saturated carbocycles. The third-order valence-corrected chi connectivity index (χ3v) is 5.13. The Labute approximate surface area is 201 Å². The minimum atomic E-state index is -0.270. The van der Waals surface area contributed by atoms with Crippen molar-refractivity contribution in [2.75, 3.05) is 65.1 Å². The second-order valence-electron chi connectivity index (χ2n) is 8.00. The molecule has 9 nitrogen and oxygen atoms in total. The zero-order chi connectivity index (χ0) is 24.8. The van der Waals surface area contributed by atoms with Crippen molar-refractivity contribution in [3.63, 3.8) is 0 Å². The van der Waals surface area contributed by atoms with Gasteiger partial charge in [-0.2, -0.15) is 0 Å². The normalized spacial score (nSPS) is 12.9. The predicted molar refractivity (Wildman–Crippen MR) is 133 cm³/mol. The highest BCUT2D eigenvalue weighted by Gasteiger charge is 2.16. The molecule has 0 aliphatic rings. The predicted octanol–water partition coefficient (Wildman–Crippen LogP) is 1.83. The van der Waals surface area contributed by atoms with Crippen LogP contribution in [0.1, 0.15) is 34.6 Å². The number of nitrogens with one attached hydrogen (secondary N) is 3. The molecule has 0 aliphatic carbocycles. The SMILES string of the molecule is CNCCOCCOCCNC(=O)c1cccc2c(NC(C)COC(C)CO)ccc(C=O)c12. The van der Waals surface area contributed by atoms with Gasteiger partial charge in [-0.25, -0.2) is 0 Å². The molecule has 2 aromatic rings. The van der Waals surface area contributed by atoms with E-state index in [4.69, 9.17) is 19.3 Å². The largest absolute Gasteiger partial charge is 0.394 e. The zero-order valence-corrected chi connectivity index (χ0v) is 20.3. The van der Waals surface area contributed by atoms with E-state index in [1.54, 1.807) is 25.1 Å². The third kappa shape index (κ3) is 8.66. The van der Waals surface area contributed by atoms with E-state index < -0.39 is 0 Å². The van der Waals surface area contributed by atoms with Gasteiger partial charge in [0.25, 0.3) is 5.91 Å². The van der Waals surface area contributed by atoms with E-state index in [1.807, 2.05) is 26.1 Å². The quantitative estimate of drug-likeness (QED) is 0.202. The summed E-state index contributed by atoms with van der Waals surface area (Å²) in [4.78, 5) is 24.6. The summed E-state index contributed by atoms with van der Waals surface area (Å²) >= 11 is 0. The molecule has 0 aromatic heterocycles. The van der Waals surface area contributed by atoms with Gasteiger partial charge >= 0.3 is 0 Å². The van der Waals surface area contributed by atoms with E-state index in [2.05, 4.69) is 16.0 Å². The molecule has 4 N–H and O–H groups in total. The Bertz CT molecular complexity index is 908. The lowest BCUT2D eigenvalue weighted by Gasteiger charge is -2.20. The van der Waals surface area contributed by atoms with Crippen LogP contribution in [-0.4, -0.2) is 89.2 Å². The van der Waals surface area contributed by atoms with Crippen molar-refractivity contribution in [3.8, 4) is 0 Å². The summed E-state index contributed by atoms with van der Waals surface area (Å²) in [6.07, 6.45) is 0.513. The average molecular weight is 476 g/mol. The second-order valence-corrected chi connectivity index (χ2v) is 8.00.